The highest BCUT2D eigenvalue weighted by Crippen LogP contribution is 2.27. The van der Waals surface area contributed by atoms with Gasteiger partial charge in [0, 0.05) is 5.39 Å². The molecule has 0 aliphatic heterocycles. The fourth-order valence-corrected chi connectivity index (χ4v) is 2.83. The number of para-hydroxylation sites is 1. The lowest BCUT2D eigenvalue weighted by molar-refractivity contribution is 0.102. The number of aromatic nitrogens is 2. The highest BCUT2D eigenvalue weighted by Gasteiger charge is 2.19. The van der Waals surface area contributed by atoms with Crippen LogP contribution in [0.1, 0.15) is 21.9 Å². The predicted molar refractivity (Wildman–Crippen MR) is 98.5 cm³/mol. The molecule has 0 radical (unpaired) electrons. The Balaban J connectivity index is 1.63. The molecule has 4 rings (SSSR count). The van der Waals surface area contributed by atoms with E-state index in [0.717, 1.165) is 0 Å². The number of carbonyl (C=O) groups is 1. The van der Waals surface area contributed by atoms with Crippen molar-refractivity contribution >= 4 is 22.9 Å². The fraction of sp³-hybridized carbons (Fsp3) is 0.158. The zero-order valence-corrected chi connectivity index (χ0v) is 15.2. The van der Waals surface area contributed by atoms with E-state index >= 15 is 0 Å². The fourth-order valence-electron chi connectivity index (χ4n) is 2.83. The van der Waals surface area contributed by atoms with Gasteiger partial charge in [-0.3, -0.25) is 10.1 Å². The van der Waals surface area contributed by atoms with Crippen LogP contribution in [0.15, 0.2) is 48.4 Å². The number of hydrogen-bond donors (Lipinski definition) is 1. The van der Waals surface area contributed by atoms with E-state index in [1.807, 2.05) is 0 Å². The molecule has 0 fully saturated rings. The van der Waals surface area contributed by atoms with Crippen LogP contribution >= 0.6 is 0 Å². The summed E-state index contributed by atoms with van der Waals surface area (Å²) in [4.78, 5) is 24.7. The summed E-state index contributed by atoms with van der Waals surface area (Å²) in [5.74, 6) is 1.17. The number of ether oxygens (including phenoxy) is 1. The van der Waals surface area contributed by atoms with E-state index in [4.69, 9.17) is 18.0 Å². The normalized spacial score (nSPS) is 11.0. The van der Waals surface area contributed by atoms with E-state index in [1.54, 1.807) is 38.1 Å². The molecule has 0 aliphatic rings. The van der Waals surface area contributed by atoms with Crippen molar-refractivity contribution in [1.82, 2.24) is 10.2 Å². The summed E-state index contributed by atoms with van der Waals surface area (Å²) in [5.41, 5.74) is -0.119. The lowest BCUT2D eigenvalue weighted by Crippen LogP contribution is -2.20. The maximum Gasteiger partial charge on any atom is 0.349 e. The number of rotatable bonds is 4. The van der Waals surface area contributed by atoms with Gasteiger partial charge in [-0.15, -0.1) is 5.10 Å². The van der Waals surface area contributed by atoms with Crippen molar-refractivity contribution in [3.8, 4) is 17.2 Å². The van der Waals surface area contributed by atoms with Crippen LogP contribution in [0.25, 0.3) is 22.4 Å². The first kappa shape index (κ1) is 17.5. The Morgan fingerprint density at radius 3 is 2.64 bits per heavy atom. The summed E-state index contributed by atoms with van der Waals surface area (Å²) in [6.45, 7) is 3.56. The smallest absolute Gasteiger partial charge is 0.349 e. The van der Waals surface area contributed by atoms with E-state index in [0.29, 0.717) is 28.2 Å². The number of fused-ring (bicyclic) bond motifs is 1. The molecule has 0 aliphatic carbocycles. The lowest BCUT2D eigenvalue weighted by Gasteiger charge is -2.05. The number of nitrogens with zero attached hydrogens (tertiary/aromatic N) is 2. The predicted octanol–water partition coefficient (Wildman–Crippen LogP) is 3.31. The number of hydrogen-bond acceptors (Lipinski definition) is 8. The number of anilines is 1. The molecule has 142 valence electrons. The Kier molecular flexibility index (Phi) is 4.19. The minimum absolute atomic E-state index is 0.150. The van der Waals surface area contributed by atoms with Crippen molar-refractivity contribution in [2.24, 2.45) is 0 Å². The summed E-state index contributed by atoms with van der Waals surface area (Å²) < 4.78 is 21.3. The molecule has 1 amide bonds. The van der Waals surface area contributed by atoms with Gasteiger partial charge in [-0.1, -0.05) is 17.2 Å². The van der Waals surface area contributed by atoms with Gasteiger partial charge in [-0.25, -0.2) is 4.79 Å². The Morgan fingerprint density at radius 2 is 1.93 bits per heavy atom. The summed E-state index contributed by atoms with van der Waals surface area (Å²) in [6.07, 6.45) is 0. The Morgan fingerprint density at radius 1 is 1.11 bits per heavy atom. The van der Waals surface area contributed by atoms with Crippen LogP contribution in [-0.2, 0) is 0 Å². The van der Waals surface area contributed by atoms with Crippen molar-refractivity contribution in [2.45, 2.75) is 13.8 Å². The maximum absolute atomic E-state index is 12.5. The lowest BCUT2D eigenvalue weighted by atomic mass is 10.1. The second-order valence-corrected chi connectivity index (χ2v) is 6.02. The van der Waals surface area contributed by atoms with Crippen LogP contribution in [0.5, 0.6) is 5.75 Å². The van der Waals surface area contributed by atoms with Crippen LogP contribution < -0.4 is 15.7 Å². The van der Waals surface area contributed by atoms with E-state index in [2.05, 4.69) is 15.5 Å². The van der Waals surface area contributed by atoms with Crippen molar-refractivity contribution in [2.75, 3.05) is 12.4 Å². The van der Waals surface area contributed by atoms with Gasteiger partial charge < -0.3 is 18.0 Å². The van der Waals surface area contributed by atoms with Crippen LogP contribution in [0, 0.1) is 13.8 Å². The topological polar surface area (TPSA) is 121 Å². The monoisotopic (exact) mass is 381 g/mol. The zero-order valence-electron chi connectivity index (χ0n) is 15.2. The maximum atomic E-state index is 12.5. The standard InChI is InChI=1S/C19H15N3O6/c1-9-7-12(10(2)26-9)17-21-22-19(28-17)20-16(23)13-8-11-5-4-6-14(25-3)15(11)27-18(13)24/h4-8H,1-3H3,(H,20,22,23). The van der Waals surface area contributed by atoms with Gasteiger partial charge in [-0.05, 0) is 32.0 Å². The number of benzene rings is 1. The van der Waals surface area contributed by atoms with Crippen LogP contribution in [-0.4, -0.2) is 23.2 Å². The SMILES string of the molecule is COc1cccc2cc(C(=O)Nc3nnc(-c4cc(C)oc4C)o3)c(=O)oc12. The minimum Gasteiger partial charge on any atom is -0.493 e. The van der Waals surface area contributed by atoms with Gasteiger partial charge in [-0.2, -0.15) is 0 Å². The molecule has 9 nitrogen and oxygen atoms in total. The number of nitrogens with one attached hydrogen (secondary N) is 1. The number of furan rings is 1. The van der Waals surface area contributed by atoms with Gasteiger partial charge >= 0.3 is 11.6 Å². The van der Waals surface area contributed by atoms with Crippen LogP contribution in [0.3, 0.4) is 0 Å². The molecule has 3 heterocycles. The molecule has 0 saturated heterocycles. The van der Waals surface area contributed by atoms with Gasteiger partial charge in [0.2, 0.25) is 0 Å². The van der Waals surface area contributed by atoms with Gasteiger partial charge in [0.05, 0.1) is 12.7 Å². The molecule has 1 N–H and O–H groups in total. The molecule has 0 unspecified atom stereocenters. The zero-order chi connectivity index (χ0) is 19.8. The van der Waals surface area contributed by atoms with Crippen LogP contribution in [0.2, 0.25) is 0 Å². The van der Waals surface area contributed by atoms with E-state index in [9.17, 15) is 9.59 Å². The van der Waals surface area contributed by atoms with Gasteiger partial charge in [0.15, 0.2) is 11.3 Å². The second kappa shape index (κ2) is 6.69. The van der Waals surface area contributed by atoms with Gasteiger partial charge in [0.25, 0.3) is 11.8 Å². The third-order valence-corrected chi connectivity index (χ3v) is 4.11. The number of methoxy groups -OCH3 is 1. The number of carbonyl (C=O) groups excluding carboxylic acids is 1. The first-order valence-corrected chi connectivity index (χ1v) is 8.29. The van der Waals surface area contributed by atoms with Crippen molar-refractivity contribution in [3.05, 3.63) is 57.8 Å². The third kappa shape index (κ3) is 3.02. The molecule has 0 bridgehead atoms. The Bertz CT molecular complexity index is 1250. The molecule has 3 aromatic heterocycles. The van der Waals surface area contributed by atoms with Crippen LogP contribution in [0.4, 0.5) is 6.01 Å². The average Bonchev–Trinajstić information content (AvgIpc) is 3.26. The number of aryl methyl sites for hydroxylation is 2. The molecular weight excluding hydrogens is 366 g/mol. The van der Waals surface area contributed by atoms with Gasteiger partial charge in [0.1, 0.15) is 17.1 Å². The quantitative estimate of drug-likeness (QED) is 0.535. The molecule has 9 heteroatoms. The Hall–Kier alpha value is -3.88. The van der Waals surface area contributed by atoms with E-state index in [-0.39, 0.29) is 23.1 Å². The molecule has 0 spiro atoms. The van der Waals surface area contributed by atoms with Crippen molar-refractivity contribution in [3.63, 3.8) is 0 Å². The summed E-state index contributed by atoms with van der Waals surface area (Å²) in [6, 6.07) is 8.10. The molecule has 28 heavy (non-hydrogen) atoms. The minimum atomic E-state index is -0.810. The summed E-state index contributed by atoms with van der Waals surface area (Å²) >= 11 is 0. The second-order valence-electron chi connectivity index (χ2n) is 6.02. The van der Waals surface area contributed by atoms with Crippen molar-refractivity contribution in [1.29, 1.82) is 0 Å². The molecule has 4 aromatic rings. The number of amides is 1. The summed E-state index contributed by atoms with van der Waals surface area (Å²) in [7, 11) is 1.46. The average molecular weight is 381 g/mol. The first-order valence-electron chi connectivity index (χ1n) is 8.29. The third-order valence-electron chi connectivity index (χ3n) is 4.11. The largest absolute Gasteiger partial charge is 0.493 e. The first-order chi connectivity index (χ1) is 13.5. The molecule has 0 saturated carbocycles. The molecule has 1 aromatic carbocycles. The molecule has 0 atom stereocenters. The Labute approximate surface area is 157 Å². The summed E-state index contributed by atoms with van der Waals surface area (Å²) in [5, 5.41) is 10.6. The van der Waals surface area contributed by atoms with E-state index in [1.165, 1.54) is 13.2 Å². The van der Waals surface area contributed by atoms with Crippen molar-refractivity contribution < 1.29 is 22.8 Å². The highest BCUT2D eigenvalue weighted by atomic mass is 16.5. The molecular formula is C19H15N3O6. The van der Waals surface area contributed by atoms with E-state index < -0.39 is 11.5 Å². The highest BCUT2D eigenvalue weighted by molar-refractivity contribution is 6.04.